The molecule has 0 aliphatic rings. The third-order valence-corrected chi connectivity index (χ3v) is 0. The Morgan fingerprint density at radius 2 is 0.250 bits per heavy atom. The molecule has 120 valence electrons. The predicted molar refractivity (Wildman–Crippen MR) is 23.0 cm³/mol. The minimum atomic E-state index is -2.92. The van der Waals surface area contributed by atoms with Crippen LogP contribution in [0.4, 0.5) is 0 Å². The second-order valence-corrected chi connectivity index (χ2v) is 1.15. The van der Waals surface area contributed by atoms with Crippen LogP contribution in [0.2, 0.25) is 0 Å². The SMILES string of the molecule is [Co+3].[Co+3].[Co+3].[Co+3].[O-]B([O-])[O-].[O-]B([O-])[O-].[O-]B([O-])[O-].[O-]B([O-])[O-]. The molecule has 0 aliphatic heterocycles. The van der Waals surface area contributed by atoms with Crippen molar-refractivity contribution in [1.29, 1.82) is 0 Å². The molecule has 0 rings (SSSR count). The van der Waals surface area contributed by atoms with Gasteiger partial charge in [-0.05, 0) is 0 Å². The average molecular weight is 471 g/mol. The van der Waals surface area contributed by atoms with E-state index in [2.05, 4.69) is 0 Å². The van der Waals surface area contributed by atoms with Gasteiger partial charge in [0.1, 0.15) is 0 Å². The van der Waals surface area contributed by atoms with E-state index in [1.54, 1.807) is 0 Å². The summed E-state index contributed by atoms with van der Waals surface area (Å²) < 4.78 is 0. The van der Waals surface area contributed by atoms with E-state index in [9.17, 15) is 0 Å². The average Bonchev–Trinajstić information content (AvgIpc) is 1.76. The maximum Gasteiger partial charge on any atom is 3.00 e. The molecule has 0 atom stereocenters. The van der Waals surface area contributed by atoms with Crippen LogP contribution in [0.3, 0.4) is 0 Å². The monoisotopic (exact) mass is 472 g/mol. The van der Waals surface area contributed by atoms with Crippen molar-refractivity contribution in [3.8, 4) is 0 Å². The minimum Gasteiger partial charge on any atom is -0.907 e. The first-order valence-electron chi connectivity index (χ1n) is 2.83. The maximum atomic E-state index is 8.42. The van der Waals surface area contributed by atoms with Gasteiger partial charge in [0.15, 0.2) is 0 Å². The van der Waals surface area contributed by atoms with Crippen LogP contribution in [0, 0.1) is 0 Å². The predicted octanol–water partition coefficient (Wildman–Crippen LogP) is -15.8. The van der Waals surface area contributed by atoms with Gasteiger partial charge in [-0.3, -0.25) is 29.3 Å². The fourth-order valence-corrected chi connectivity index (χ4v) is 0. The minimum absolute atomic E-state index is 0. The van der Waals surface area contributed by atoms with Gasteiger partial charge in [0.2, 0.25) is 0 Å². The van der Waals surface area contributed by atoms with Crippen molar-refractivity contribution >= 4 is 29.3 Å². The van der Waals surface area contributed by atoms with Crippen LogP contribution in [-0.2, 0) is 67.1 Å². The molecule has 0 saturated heterocycles. The second-order valence-electron chi connectivity index (χ2n) is 1.15. The Bertz CT molecular complexity index is 70.4. The van der Waals surface area contributed by atoms with E-state index >= 15 is 0 Å². The van der Waals surface area contributed by atoms with Crippen molar-refractivity contribution in [3.05, 3.63) is 0 Å². The zero-order valence-corrected chi connectivity index (χ0v) is 12.7. The Kier molecular flexibility index (Phi) is 106. The standard InChI is InChI=1S/4BO3.4Co/c4*2-1(3)4;;;;/q4*-3;4*+3. The topological polar surface area (TPSA) is 277 Å². The van der Waals surface area contributed by atoms with Gasteiger partial charge in [-0.15, -0.1) is 0 Å². The summed E-state index contributed by atoms with van der Waals surface area (Å²) >= 11 is 0. The summed E-state index contributed by atoms with van der Waals surface area (Å²) in [6.45, 7) is 0. The fraction of sp³-hybridized carbons (Fsp3) is 0. The van der Waals surface area contributed by atoms with E-state index in [0.29, 0.717) is 0 Å². The molecule has 0 aromatic heterocycles. The van der Waals surface area contributed by atoms with E-state index in [1.165, 1.54) is 0 Å². The summed E-state index contributed by atoms with van der Waals surface area (Å²) in [6, 6.07) is 0. The number of rotatable bonds is 0. The van der Waals surface area contributed by atoms with Gasteiger partial charge < -0.3 is 60.3 Å². The normalized spacial score (nSPS) is 5.40. The molecule has 0 N–H and O–H groups in total. The molecule has 0 aliphatic carbocycles. The van der Waals surface area contributed by atoms with Crippen molar-refractivity contribution in [2.75, 3.05) is 0 Å². The van der Waals surface area contributed by atoms with Crippen LogP contribution in [-0.4, -0.2) is 29.3 Å². The molecule has 0 heterocycles. The van der Waals surface area contributed by atoms with E-state index in [0.717, 1.165) is 0 Å². The maximum absolute atomic E-state index is 8.42. The van der Waals surface area contributed by atoms with Gasteiger partial charge in [-0.1, -0.05) is 0 Å². The van der Waals surface area contributed by atoms with Crippen LogP contribution in [0.25, 0.3) is 0 Å². The van der Waals surface area contributed by atoms with Gasteiger partial charge >= 0.3 is 67.1 Å². The molecular formula is B4Co4O12. The van der Waals surface area contributed by atoms with E-state index < -0.39 is 29.3 Å². The van der Waals surface area contributed by atoms with Gasteiger partial charge in [-0.2, -0.15) is 0 Å². The Balaban J connectivity index is -0.0000000150. The van der Waals surface area contributed by atoms with Crippen LogP contribution < -0.4 is 60.3 Å². The molecule has 0 spiro atoms. The molecular weight excluding hydrogens is 471 g/mol. The van der Waals surface area contributed by atoms with E-state index in [1.807, 2.05) is 0 Å². The molecule has 0 aromatic rings. The third-order valence-electron chi connectivity index (χ3n) is 0. The summed E-state index contributed by atoms with van der Waals surface area (Å²) in [6.07, 6.45) is 0. The smallest absolute Gasteiger partial charge is 0.907 e. The number of hydrogen-bond acceptors (Lipinski definition) is 12. The first kappa shape index (κ1) is 49.5. The zero-order valence-electron chi connectivity index (χ0n) is 8.54. The van der Waals surface area contributed by atoms with Crippen molar-refractivity contribution < 1.29 is 127 Å². The van der Waals surface area contributed by atoms with Crippen molar-refractivity contribution in [3.63, 3.8) is 0 Å². The molecule has 0 bridgehead atoms. The first-order valence-corrected chi connectivity index (χ1v) is 2.83. The Labute approximate surface area is 156 Å². The third kappa shape index (κ3) is 2150. The van der Waals surface area contributed by atoms with Crippen LogP contribution in [0.5, 0.6) is 0 Å². The molecule has 0 radical (unpaired) electrons. The quantitative estimate of drug-likeness (QED) is 0.298. The van der Waals surface area contributed by atoms with E-state index in [-0.39, 0.29) is 67.1 Å². The summed E-state index contributed by atoms with van der Waals surface area (Å²) in [4.78, 5) is 0. The van der Waals surface area contributed by atoms with Gasteiger partial charge in [0, 0.05) is 0 Å². The zero-order chi connectivity index (χ0) is 14.3. The van der Waals surface area contributed by atoms with Crippen LogP contribution in [0.15, 0.2) is 0 Å². The van der Waals surface area contributed by atoms with Gasteiger partial charge in [-0.25, -0.2) is 0 Å². The Morgan fingerprint density at radius 3 is 0.250 bits per heavy atom. The summed E-state index contributed by atoms with van der Waals surface area (Å²) in [5.41, 5.74) is 0. The number of hydrogen-bond donors (Lipinski definition) is 0. The molecule has 12 nitrogen and oxygen atoms in total. The Morgan fingerprint density at radius 1 is 0.250 bits per heavy atom. The molecule has 0 unspecified atom stereocenters. The summed E-state index contributed by atoms with van der Waals surface area (Å²) in [7, 11) is -11.7. The molecule has 0 saturated carbocycles. The second kappa shape index (κ2) is 42.8. The van der Waals surface area contributed by atoms with Crippen LogP contribution in [0.1, 0.15) is 0 Å². The van der Waals surface area contributed by atoms with Crippen LogP contribution >= 0.6 is 0 Å². The first-order chi connectivity index (χ1) is 6.93. The van der Waals surface area contributed by atoms with Gasteiger partial charge in [0.05, 0.1) is 0 Å². The van der Waals surface area contributed by atoms with Gasteiger partial charge in [0.25, 0.3) is 0 Å². The molecule has 0 aromatic carbocycles. The molecule has 0 amide bonds. The fourth-order valence-electron chi connectivity index (χ4n) is 0. The van der Waals surface area contributed by atoms with E-state index in [4.69, 9.17) is 60.3 Å². The largest absolute Gasteiger partial charge is 3.00 e. The summed E-state index contributed by atoms with van der Waals surface area (Å²) in [5, 5.41) is 101. The molecule has 0 fully saturated rings. The van der Waals surface area contributed by atoms with Crippen molar-refractivity contribution in [2.45, 2.75) is 0 Å². The molecule has 20 heavy (non-hydrogen) atoms. The summed E-state index contributed by atoms with van der Waals surface area (Å²) in [5.74, 6) is 0. The Hall–Kier alpha value is 1.81. The van der Waals surface area contributed by atoms with Crippen molar-refractivity contribution in [2.24, 2.45) is 0 Å². The molecule has 20 heteroatoms. The van der Waals surface area contributed by atoms with Crippen molar-refractivity contribution in [1.82, 2.24) is 0 Å².